The second-order valence-corrected chi connectivity index (χ2v) is 4.46. The van der Waals surface area contributed by atoms with Crippen molar-refractivity contribution < 1.29 is 9.59 Å². The number of amides is 2. The summed E-state index contributed by atoms with van der Waals surface area (Å²) in [5.74, 6) is 4.84. The molecule has 0 spiro atoms. The van der Waals surface area contributed by atoms with Crippen LogP contribution in [0.4, 0.5) is 5.69 Å². The van der Waals surface area contributed by atoms with E-state index in [9.17, 15) is 9.59 Å². The van der Waals surface area contributed by atoms with E-state index in [1.54, 1.807) is 6.07 Å². The third-order valence-corrected chi connectivity index (χ3v) is 2.82. The first kappa shape index (κ1) is 15.9. The van der Waals surface area contributed by atoms with Crippen molar-refractivity contribution in [2.24, 2.45) is 5.84 Å². The minimum atomic E-state index is -0.335. The van der Waals surface area contributed by atoms with Crippen molar-refractivity contribution in [2.75, 3.05) is 12.0 Å². The Bertz CT molecular complexity index is 464. The summed E-state index contributed by atoms with van der Waals surface area (Å²) in [6.07, 6.45) is 2.60. The number of aromatic nitrogens is 1. The van der Waals surface area contributed by atoms with E-state index in [4.69, 9.17) is 5.84 Å². The molecule has 0 fully saturated rings. The number of nitrogens with one attached hydrogen (secondary N) is 3. The Morgan fingerprint density at radius 1 is 1.45 bits per heavy atom. The van der Waals surface area contributed by atoms with Crippen LogP contribution in [0.15, 0.2) is 18.3 Å². The highest BCUT2D eigenvalue weighted by molar-refractivity contribution is 5.93. The third-order valence-electron chi connectivity index (χ3n) is 2.82. The van der Waals surface area contributed by atoms with Crippen LogP contribution in [0.5, 0.6) is 0 Å². The number of anilines is 1. The second-order valence-electron chi connectivity index (χ2n) is 4.46. The summed E-state index contributed by atoms with van der Waals surface area (Å²) < 4.78 is 0. The Balaban J connectivity index is 2.38. The number of hydrogen-bond donors (Lipinski definition) is 4. The fourth-order valence-electron chi connectivity index (χ4n) is 1.47. The van der Waals surface area contributed by atoms with Crippen LogP contribution >= 0.6 is 0 Å². The van der Waals surface area contributed by atoms with Gasteiger partial charge in [-0.3, -0.25) is 20.4 Å². The number of carbonyl (C=O) groups is 2. The molecule has 7 heteroatoms. The smallest absolute Gasteiger partial charge is 0.269 e. The largest absolute Gasteiger partial charge is 0.354 e. The number of nitrogens with two attached hydrogens (primary N) is 1. The SMILES string of the molecule is CCC(C)NC(=O)CCNC(=O)c1cc(NN)ccn1. The predicted molar refractivity (Wildman–Crippen MR) is 76.9 cm³/mol. The second kappa shape index (κ2) is 8.11. The maximum absolute atomic E-state index is 11.8. The molecule has 0 saturated carbocycles. The van der Waals surface area contributed by atoms with Crippen LogP contribution in [-0.4, -0.2) is 29.4 Å². The molecule has 1 rings (SSSR count). The molecule has 5 N–H and O–H groups in total. The van der Waals surface area contributed by atoms with Crippen LogP contribution in [-0.2, 0) is 4.79 Å². The molecule has 0 aliphatic carbocycles. The molecule has 1 atom stereocenters. The first-order valence-electron chi connectivity index (χ1n) is 6.57. The highest BCUT2D eigenvalue weighted by Gasteiger charge is 2.09. The quantitative estimate of drug-likeness (QED) is 0.427. The zero-order chi connectivity index (χ0) is 15.0. The molecule has 0 radical (unpaired) electrons. The van der Waals surface area contributed by atoms with Gasteiger partial charge in [0.25, 0.3) is 5.91 Å². The number of pyridine rings is 1. The maximum atomic E-state index is 11.8. The van der Waals surface area contributed by atoms with Crippen LogP contribution in [0.25, 0.3) is 0 Å². The first-order chi connectivity index (χ1) is 9.56. The summed E-state index contributed by atoms with van der Waals surface area (Å²) in [5, 5.41) is 5.47. The maximum Gasteiger partial charge on any atom is 0.269 e. The van der Waals surface area contributed by atoms with Crippen molar-refractivity contribution in [3.05, 3.63) is 24.0 Å². The van der Waals surface area contributed by atoms with E-state index < -0.39 is 0 Å². The van der Waals surface area contributed by atoms with Gasteiger partial charge in [-0.1, -0.05) is 6.92 Å². The van der Waals surface area contributed by atoms with Gasteiger partial charge in [0.05, 0.1) is 5.69 Å². The fraction of sp³-hybridized carbons (Fsp3) is 0.462. The molecule has 0 aliphatic rings. The van der Waals surface area contributed by atoms with Gasteiger partial charge >= 0.3 is 0 Å². The molecule has 1 heterocycles. The molecule has 110 valence electrons. The molecule has 1 aromatic rings. The van der Waals surface area contributed by atoms with Gasteiger partial charge in [0.1, 0.15) is 5.69 Å². The van der Waals surface area contributed by atoms with Crippen molar-refractivity contribution >= 4 is 17.5 Å². The highest BCUT2D eigenvalue weighted by Crippen LogP contribution is 2.05. The van der Waals surface area contributed by atoms with Gasteiger partial charge in [-0.15, -0.1) is 0 Å². The summed E-state index contributed by atoms with van der Waals surface area (Å²) >= 11 is 0. The van der Waals surface area contributed by atoms with Gasteiger partial charge in [0, 0.05) is 25.2 Å². The normalized spacial score (nSPS) is 11.6. The summed E-state index contributed by atoms with van der Waals surface area (Å²) in [4.78, 5) is 27.3. The number of hydrazine groups is 1. The van der Waals surface area contributed by atoms with Crippen LogP contribution < -0.4 is 21.9 Å². The van der Waals surface area contributed by atoms with Crippen molar-refractivity contribution in [1.82, 2.24) is 15.6 Å². The van der Waals surface area contributed by atoms with E-state index >= 15 is 0 Å². The Hall–Kier alpha value is -2.15. The average Bonchev–Trinajstić information content (AvgIpc) is 2.46. The Labute approximate surface area is 118 Å². The van der Waals surface area contributed by atoms with E-state index in [1.165, 1.54) is 12.3 Å². The number of nitrogen functional groups attached to an aromatic ring is 1. The topological polar surface area (TPSA) is 109 Å². The molecule has 0 saturated heterocycles. The standard InChI is InChI=1S/C13H21N5O2/c1-3-9(2)17-12(19)5-7-16-13(20)11-8-10(18-14)4-6-15-11/h4,6,8-9H,3,5,7,14H2,1-2H3,(H,15,18)(H,16,20)(H,17,19). The zero-order valence-corrected chi connectivity index (χ0v) is 11.8. The Morgan fingerprint density at radius 3 is 2.85 bits per heavy atom. The van der Waals surface area contributed by atoms with Crippen molar-refractivity contribution in [2.45, 2.75) is 32.7 Å². The molecule has 1 unspecified atom stereocenters. The lowest BCUT2D eigenvalue weighted by atomic mass is 10.2. The van der Waals surface area contributed by atoms with E-state index in [1.807, 2.05) is 13.8 Å². The molecular formula is C13H21N5O2. The van der Waals surface area contributed by atoms with Gasteiger partial charge < -0.3 is 16.1 Å². The van der Waals surface area contributed by atoms with E-state index in [2.05, 4.69) is 21.0 Å². The van der Waals surface area contributed by atoms with Gasteiger partial charge in [-0.2, -0.15) is 0 Å². The molecular weight excluding hydrogens is 258 g/mol. The van der Waals surface area contributed by atoms with Gasteiger partial charge in [-0.25, -0.2) is 0 Å². The lowest BCUT2D eigenvalue weighted by molar-refractivity contribution is -0.121. The number of carbonyl (C=O) groups excluding carboxylic acids is 2. The van der Waals surface area contributed by atoms with Gasteiger partial charge in [-0.05, 0) is 25.5 Å². The predicted octanol–water partition coefficient (Wildman–Crippen LogP) is 0.402. The van der Waals surface area contributed by atoms with Crippen LogP contribution in [0.3, 0.4) is 0 Å². The number of rotatable bonds is 7. The van der Waals surface area contributed by atoms with Crippen LogP contribution in [0, 0.1) is 0 Å². The summed E-state index contributed by atoms with van der Waals surface area (Å²) in [7, 11) is 0. The van der Waals surface area contributed by atoms with E-state index in [-0.39, 0.29) is 36.5 Å². The summed E-state index contributed by atoms with van der Waals surface area (Å²) in [6, 6.07) is 3.33. The molecule has 1 aromatic heterocycles. The van der Waals surface area contributed by atoms with E-state index in [0.717, 1.165) is 6.42 Å². The zero-order valence-electron chi connectivity index (χ0n) is 11.8. The highest BCUT2D eigenvalue weighted by atomic mass is 16.2. The summed E-state index contributed by atoms with van der Waals surface area (Å²) in [6.45, 7) is 4.20. The first-order valence-corrected chi connectivity index (χ1v) is 6.57. The van der Waals surface area contributed by atoms with E-state index in [0.29, 0.717) is 5.69 Å². The van der Waals surface area contributed by atoms with Crippen LogP contribution in [0.2, 0.25) is 0 Å². The Kier molecular flexibility index (Phi) is 6.45. The molecule has 7 nitrogen and oxygen atoms in total. The van der Waals surface area contributed by atoms with Gasteiger partial charge in [0.15, 0.2) is 0 Å². The average molecular weight is 279 g/mol. The van der Waals surface area contributed by atoms with Crippen molar-refractivity contribution in [3.8, 4) is 0 Å². The molecule has 0 bridgehead atoms. The minimum absolute atomic E-state index is 0.0787. The van der Waals surface area contributed by atoms with Gasteiger partial charge in [0.2, 0.25) is 5.91 Å². The molecule has 0 aromatic carbocycles. The molecule has 0 aliphatic heterocycles. The lowest BCUT2D eigenvalue weighted by Crippen LogP contribution is -2.35. The lowest BCUT2D eigenvalue weighted by Gasteiger charge is -2.11. The van der Waals surface area contributed by atoms with Crippen LogP contribution in [0.1, 0.15) is 37.2 Å². The van der Waals surface area contributed by atoms with Crippen molar-refractivity contribution in [3.63, 3.8) is 0 Å². The minimum Gasteiger partial charge on any atom is -0.354 e. The Morgan fingerprint density at radius 2 is 2.20 bits per heavy atom. The fourth-order valence-corrected chi connectivity index (χ4v) is 1.47. The summed E-state index contributed by atoms with van der Waals surface area (Å²) in [5.41, 5.74) is 3.29. The number of hydrogen-bond acceptors (Lipinski definition) is 5. The molecule has 20 heavy (non-hydrogen) atoms. The monoisotopic (exact) mass is 279 g/mol. The molecule has 2 amide bonds. The van der Waals surface area contributed by atoms with Crippen molar-refractivity contribution in [1.29, 1.82) is 0 Å². The third kappa shape index (κ3) is 5.23. The number of nitrogens with zero attached hydrogens (tertiary/aromatic N) is 1.